The zero-order valence-corrected chi connectivity index (χ0v) is 18.3. The summed E-state index contributed by atoms with van der Waals surface area (Å²) in [6.45, 7) is 6.75. The van der Waals surface area contributed by atoms with Gasteiger partial charge in [-0.15, -0.1) is 0 Å². The number of para-hydroxylation sites is 1. The van der Waals surface area contributed by atoms with Gasteiger partial charge >= 0.3 is 0 Å². The number of benzene rings is 3. The Morgan fingerprint density at radius 2 is 1.61 bits per heavy atom. The van der Waals surface area contributed by atoms with Crippen LogP contribution >= 0.6 is 0 Å². The topological polar surface area (TPSA) is 26.0 Å². The zero-order valence-electron chi connectivity index (χ0n) is 18.3. The number of rotatable bonds is 5. The van der Waals surface area contributed by atoms with E-state index in [1.54, 1.807) is 0 Å². The lowest BCUT2D eigenvalue weighted by Crippen LogP contribution is -1.95. The van der Waals surface area contributed by atoms with Gasteiger partial charge < -0.3 is 4.42 Å². The average molecular weight is 406 g/mol. The standard InChI is InChI=1S/C29H27NO/c1-19(2)16-21-14-15-30-27(17-21)25-11-7-10-24-26-18-23(12-13-28(26)31-29(24)25)20(3)22-8-5-4-6-9-22/h4-15,17-20H,16H2,1-3H3. The first-order valence-electron chi connectivity index (χ1n) is 11.1. The quantitative estimate of drug-likeness (QED) is 0.296. The first kappa shape index (κ1) is 19.6. The Balaban J connectivity index is 1.62. The maximum atomic E-state index is 6.36. The van der Waals surface area contributed by atoms with Crippen molar-refractivity contribution < 1.29 is 4.42 Å². The minimum atomic E-state index is 0.327. The van der Waals surface area contributed by atoms with E-state index in [9.17, 15) is 0 Å². The van der Waals surface area contributed by atoms with Crippen LogP contribution < -0.4 is 0 Å². The van der Waals surface area contributed by atoms with E-state index in [0.29, 0.717) is 11.8 Å². The number of furan rings is 1. The van der Waals surface area contributed by atoms with Gasteiger partial charge in [-0.1, -0.05) is 69.3 Å². The van der Waals surface area contributed by atoms with Crippen molar-refractivity contribution >= 4 is 21.9 Å². The van der Waals surface area contributed by atoms with Gasteiger partial charge in [-0.2, -0.15) is 0 Å². The third kappa shape index (κ3) is 3.74. The van der Waals surface area contributed by atoms with Crippen LogP contribution in [0.15, 0.2) is 89.5 Å². The van der Waals surface area contributed by atoms with Gasteiger partial charge in [-0.05, 0) is 59.4 Å². The van der Waals surface area contributed by atoms with Crippen molar-refractivity contribution in [3.05, 3.63) is 102 Å². The van der Waals surface area contributed by atoms with E-state index < -0.39 is 0 Å². The molecule has 0 N–H and O–H groups in total. The predicted octanol–water partition coefficient (Wildman–Crippen LogP) is 8.00. The number of aromatic nitrogens is 1. The third-order valence-corrected chi connectivity index (χ3v) is 6.06. The van der Waals surface area contributed by atoms with Crippen molar-refractivity contribution in [1.29, 1.82) is 0 Å². The molecule has 0 radical (unpaired) electrons. The van der Waals surface area contributed by atoms with Crippen LogP contribution in [0.1, 0.15) is 43.4 Å². The maximum absolute atomic E-state index is 6.36. The molecule has 1 atom stereocenters. The molecule has 0 aliphatic heterocycles. The molecule has 154 valence electrons. The Labute approximate surface area is 183 Å². The summed E-state index contributed by atoms with van der Waals surface area (Å²) in [6.07, 6.45) is 2.96. The molecule has 31 heavy (non-hydrogen) atoms. The van der Waals surface area contributed by atoms with E-state index in [1.165, 1.54) is 16.7 Å². The van der Waals surface area contributed by atoms with E-state index in [1.807, 2.05) is 6.20 Å². The molecule has 0 bridgehead atoms. The van der Waals surface area contributed by atoms with E-state index in [-0.39, 0.29) is 0 Å². The van der Waals surface area contributed by atoms with Crippen molar-refractivity contribution in [2.75, 3.05) is 0 Å². The molecule has 0 spiro atoms. The van der Waals surface area contributed by atoms with Gasteiger partial charge in [-0.25, -0.2) is 0 Å². The van der Waals surface area contributed by atoms with Crippen molar-refractivity contribution in [3.63, 3.8) is 0 Å². The molecule has 0 fully saturated rings. The normalized spacial score (nSPS) is 12.6. The van der Waals surface area contributed by atoms with Gasteiger partial charge in [0.05, 0.1) is 5.69 Å². The molecule has 0 aliphatic carbocycles. The van der Waals surface area contributed by atoms with Crippen LogP contribution in [0.3, 0.4) is 0 Å². The monoisotopic (exact) mass is 405 g/mol. The summed E-state index contributed by atoms with van der Waals surface area (Å²) in [6, 6.07) is 27.9. The van der Waals surface area contributed by atoms with E-state index in [2.05, 4.69) is 105 Å². The van der Waals surface area contributed by atoms with E-state index >= 15 is 0 Å². The molecule has 2 aromatic heterocycles. The Bertz CT molecular complexity index is 1350. The van der Waals surface area contributed by atoms with Crippen LogP contribution in [0.4, 0.5) is 0 Å². The van der Waals surface area contributed by atoms with Crippen molar-refractivity contribution in [1.82, 2.24) is 4.98 Å². The fourth-order valence-electron chi connectivity index (χ4n) is 4.44. The summed E-state index contributed by atoms with van der Waals surface area (Å²) in [5.74, 6) is 0.940. The van der Waals surface area contributed by atoms with E-state index in [4.69, 9.17) is 4.42 Å². The first-order valence-corrected chi connectivity index (χ1v) is 11.1. The molecule has 1 unspecified atom stereocenters. The second kappa shape index (κ2) is 8.03. The number of pyridine rings is 1. The molecule has 2 heterocycles. The summed E-state index contributed by atoms with van der Waals surface area (Å²) in [4.78, 5) is 4.66. The van der Waals surface area contributed by atoms with Crippen molar-refractivity contribution in [2.45, 2.75) is 33.1 Å². The fourth-order valence-corrected chi connectivity index (χ4v) is 4.44. The minimum Gasteiger partial charge on any atom is -0.455 e. The molecule has 0 aliphatic rings. The Morgan fingerprint density at radius 1 is 0.774 bits per heavy atom. The lowest BCUT2D eigenvalue weighted by molar-refractivity contribution is 0.647. The van der Waals surface area contributed by atoms with Crippen molar-refractivity contribution in [2.24, 2.45) is 5.92 Å². The predicted molar refractivity (Wildman–Crippen MR) is 129 cm³/mol. The highest BCUT2D eigenvalue weighted by molar-refractivity contribution is 6.09. The summed E-state index contributed by atoms with van der Waals surface area (Å²) in [5.41, 5.74) is 7.79. The Kier molecular flexibility index (Phi) is 5.07. The van der Waals surface area contributed by atoms with Crippen LogP contribution in [-0.2, 0) is 6.42 Å². The third-order valence-electron chi connectivity index (χ3n) is 6.06. The van der Waals surface area contributed by atoms with Gasteiger partial charge in [0.2, 0.25) is 0 Å². The van der Waals surface area contributed by atoms with Crippen LogP contribution in [0.2, 0.25) is 0 Å². The summed E-state index contributed by atoms with van der Waals surface area (Å²) >= 11 is 0. The largest absolute Gasteiger partial charge is 0.455 e. The molecule has 2 heteroatoms. The highest BCUT2D eigenvalue weighted by Gasteiger charge is 2.16. The summed E-state index contributed by atoms with van der Waals surface area (Å²) < 4.78 is 6.36. The average Bonchev–Trinajstić information content (AvgIpc) is 3.17. The van der Waals surface area contributed by atoms with Crippen molar-refractivity contribution in [3.8, 4) is 11.3 Å². The van der Waals surface area contributed by atoms with Gasteiger partial charge in [0.25, 0.3) is 0 Å². The van der Waals surface area contributed by atoms with Crippen LogP contribution in [0.25, 0.3) is 33.2 Å². The zero-order chi connectivity index (χ0) is 21.4. The lowest BCUT2D eigenvalue weighted by Gasteiger charge is -2.12. The van der Waals surface area contributed by atoms with Crippen LogP contribution in [0, 0.1) is 5.92 Å². The lowest BCUT2D eigenvalue weighted by atomic mass is 9.92. The van der Waals surface area contributed by atoms with Crippen LogP contribution in [0.5, 0.6) is 0 Å². The molecule has 5 aromatic rings. The highest BCUT2D eigenvalue weighted by atomic mass is 16.3. The smallest absolute Gasteiger partial charge is 0.144 e. The summed E-state index contributed by atoms with van der Waals surface area (Å²) in [5, 5.41) is 2.31. The molecular formula is C29H27NO. The molecule has 0 amide bonds. The minimum absolute atomic E-state index is 0.327. The molecule has 3 aromatic carbocycles. The molecule has 0 saturated heterocycles. The molecule has 5 rings (SSSR count). The molecule has 0 saturated carbocycles. The number of hydrogen-bond donors (Lipinski definition) is 0. The highest BCUT2D eigenvalue weighted by Crippen LogP contribution is 2.37. The Hall–Kier alpha value is -3.39. The van der Waals surface area contributed by atoms with Gasteiger partial charge in [0.15, 0.2) is 0 Å². The Morgan fingerprint density at radius 3 is 2.42 bits per heavy atom. The van der Waals surface area contributed by atoms with E-state index in [0.717, 1.165) is 39.6 Å². The number of nitrogens with zero attached hydrogens (tertiary/aromatic N) is 1. The van der Waals surface area contributed by atoms with Gasteiger partial charge in [0.1, 0.15) is 11.2 Å². The molecular weight excluding hydrogens is 378 g/mol. The summed E-state index contributed by atoms with van der Waals surface area (Å²) in [7, 11) is 0. The molecule has 2 nitrogen and oxygen atoms in total. The number of hydrogen-bond acceptors (Lipinski definition) is 2. The SMILES string of the molecule is CC(C)Cc1ccnc(-c2cccc3c2oc2ccc(C(C)c4ccccc4)cc23)c1. The first-order chi connectivity index (χ1) is 15.1. The second-order valence-electron chi connectivity index (χ2n) is 8.82. The van der Waals surface area contributed by atoms with Gasteiger partial charge in [0, 0.05) is 28.5 Å². The van der Waals surface area contributed by atoms with Gasteiger partial charge in [-0.3, -0.25) is 4.98 Å². The van der Waals surface area contributed by atoms with Crippen LogP contribution in [-0.4, -0.2) is 4.98 Å². The maximum Gasteiger partial charge on any atom is 0.144 e. The fraction of sp³-hybridized carbons (Fsp3) is 0.207. The second-order valence-corrected chi connectivity index (χ2v) is 8.82. The number of fused-ring (bicyclic) bond motifs is 3.